The number of hydrogen-bond donors (Lipinski definition) is 1. The average Bonchev–Trinajstić information content (AvgIpc) is 2.95. The lowest BCUT2D eigenvalue weighted by Gasteiger charge is -2.07. The Morgan fingerprint density at radius 3 is 2.48 bits per heavy atom. The van der Waals surface area contributed by atoms with Gasteiger partial charge < -0.3 is 10.1 Å². The number of rotatable bonds is 8. The van der Waals surface area contributed by atoms with Crippen molar-refractivity contribution in [1.29, 1.82) is 0 Å². The fourth-order valence-electron chi connectivity index (χ4n) is 2.60. The van der Waals surface area contributed by atoms with Gasteiger partial charge in [0.05, 0.1) is 18.5 Å². The minimum atomic E-state index is -0.253. The quantitative estimate of drug-likeness (QED) is 0.590. The maximum absolute atomic E-state index is 11.8. The second-order valence-electron chi connectivity index (χ2n) is 6.03. The van der Waals surface area contributed by atoms with E-state index in [0.717, 1.165) is 22.6 Å². The van der Waals surface area contributed by atoms with Gasteiger partial charge in [0.1, 0.15) is 0 Å². The summed E-state index contributed by atoms with van der Waals surface area (Å²) in [5.41, 5.74) is 4.21. The molecule has 0 aliphatic rings. The van der Waals surface area contributed by atoms with Crippen LogP contribution < -0.4 is 5.32 Å². The lowest BCUT2D eigenvalue weighted by Crippen LogP contribution is -2.25. The number of aryl methyl sites for hydroxylation is 3. The van der Waals surface area contributed by atoms with Crippen molar-refractivity contribution in [2.75, 3.05) is 13.7 Å². The number of ether oxygens (including phenoxy) is 1. The predicted octanol–water partition coefficient (Wildman–Crippen LogP) is 2.49. The van der Waals surface area contributed by atoms with Crippen molar-refractivity contribution in [1.82, 2.24) is 15.1 Å². The summed E-state index contributed by atoms with van der Waals surface area (Å²) in [6.07, 6.45) is 2.03. The van der Waals surface area contributed by atoms with Gasteiger partial charge in [0.2, 0.25) is 5.91 Å². The number of amides is 1. The lowest BCUT2D eigenvalue weighted by molar-refractivity contribution is -0.140. The molecule has 0 unspecified atom stereocenters. The fourth-order valence-corrected chi connectivity index (χ4v) is 2.60. The van der Waals surface area contributed by atoms with Crippen LogP contribution >= 0.6 is 0 Å². The van der Waals surface area contributed by atoms with Crippen LogP contribution in [0.1, 0.15) is 36.2 Å². The zero-order chi connectivity index (χ0) is 18.2. The summed E-state index contributed by atoms with van der Waals surface area (Å²) < 4.78 is 6.46. The first-order valence-electron chi connectivity index (χ1n) is 8.45. The van der Waals surface area contributed by atoms with Crippen molar-refractivity contribution in [3.63, 3.8) is 0 Å². The minimum Gasteiger partial charge on any atom is -0.469 e. The molecule has 134 valence electrons. The molecule has 0 radical (unpaired) electrons. The maximum Gasteiger partial charge on any atom is 0.305 e. The molecule has 0 saturated carbocycles. The van der Waals surface area contributed by atoms with E-state index in [9.17, 15) is 9.59 Å². The largest absolute Gasteiger partial charge is 0.469 e. The highest BCUT2D eigenvalue weighted by Gasteiger charge is 2.06. The van der Waals surface area contributed by atoms with Crippen LogP contribution in [-0.2, 0) is 20.7 Å². The molecule has 1 heterocycles. The molecule has 1 N–H and O–H groups in total. The van der Waals surface area contributed by atoms with Gasteiger partial charge in [0.15, 0.2) is 0 Å². The molecule has 0 aliphatic carbocycles. The van der Waals surface area contributed by atoms with Crippen LogP contribution in [0.4, 0.5) is 0 Å². The van der Waals surface area contributed by atoms with Crippen molar-refractivity contribution >= 4 is 11.9 Å². The van der Waals surface area contributed by atoms with E-state index in [-0.39, 0.29) is 11.9 Å². The Balaban J connectivity index is 1.77. The Hall–Kier alpha value is -2.63. The highest BCUT2D eigenvalue weighted by atomic mass is 16.5. The van der Waals surface area contributed by atoms with Crippen LogP contribution in [-0.4, -0.2) is 35.3 Å². The van der Waals surface area contributed by atoms with Gasteiger partial charge >= 0.3 is 5.97 Å². The first-order valence-corrected chi connectivity index (χ1v) is 8.45. The van der Waals surface area contributed by atoms with Crippen molar-refractivity contribution in [2.45, 2.75) is 39.5 Å². The standard InChI is InChI=1S/C19H25N3O3/c1-14-13-15(2)22(21-14)17-9-6-16(7-10-17)8-11-18(23)20-12-4-5-19(24)25-3/h6-7,9-10,13H,4-5,8,11-12H2,1-3H3,(H,20,23). The number of hydrogen-bond acceptors (Lipinski definition) is 4. The molecule has 0 fully saturated rings. The number of aromatic nitrogens is 2. The highest BCUT2D eigenvalue weighted by Crippen LogP contribution is 2.14. The van der Waals surface area contributed by atoms with E-state index in [1.165, 1.54) is 7.11 Å². The molecule has 0 aliphatic heterocycles. The van der Waals surface area contributed by atoms with E-state index in [2.05, 4.69) is 15.2 Å². The van der Waals surface area contributed by atoms with Crippen molar-refractivity contribution in [3.05, 3.63) is 47.3 Å². The first-order chi connectivity index (χ1) is 12.0. The van der Waals surface area contributed by atoms with Crippen LogP contribution in [0.25, 0.3) is 5.69 Å². The molecule has 25 heavy (non-hydrogen) atoms. The molecule has 2 rings (SSSR count). The normalized spacial score (nSPS) is 10.5. The zero-order valence-corrected chi connectivity index (χ0v) is 15.0. The second kappa shape index (κ2) is 9.01. The number of benzene rings is 1. The number of methoxy groups -OCH3 is 1. The third-order valence-electron chi connectivity index (χ3n) is 3.94. The number of esters is 1. The number of carbonyl (C=O) groups excluding carboxylic acids is 2. The average molecular weight is 343 g/mol. The third kappa shape index (κ3) is 5.74. The third-order valence-corrected chi connectivity index (χ3v) is 3.94. The number of nitrogens with one attached hydrogen (secondary N) is 1. The smallest absolute Gasteiger partial charge is 0.305 e. The van der Waals surface area contributed by atoms with Gasteiger partial charge in [0, 0.05) is 25.1 Å². The van der Waals surface area contributed by atoms with Crippen LogP contribution in [0.5, 0.6) is 0 Å². The van der Waals surface area contributed by atoms with Crippen LogP contribution in [0, 0.1) is 13.8 Å². The number of carbonyl (C=O) groups is 2. The minimum absolute atomic E-state index is 0.00696. The molecule has 1 amide bonds. The topological polar surface area (TPSA) is 73.2 Å². The van der Waals surface area contributed by atoms with Gasteiger partial charge in [-0.05, 0) is 50.5 Å². The van der Waals surface area contributed by atoms with E-state index >= 15 is 0 Å². The SMILES string of the molecule is COC(=O)CCCNC(=O)CCc1ccc(-n2nc(C)cc2C)cc1. The Morgan fingerprint density at radius 2 is 1.88 bits per heavy atom. The fraction of sp³-hybridized carbons (Fsp3) is 0.421. The molecular weight excluding hydrogens is 318 g/mol. The van der Waals surface area contributed by atoms with Crippen molar-refractivity contribution in [3.8, 4) is 5.69 Å². The highest BCUT2D eigenvalue weighted by molar-refractivity contribution is 5.76. The Bertz CT molecular complexity index is 720. The summed E-state index contributed by atoms with van der Waals surface area (Å²) in [7, 11) is 1.36. The van der Waals surface area contributed by atoms with Crippen molar-refractivity contribution in [2.24, 2.45) is 0 Å². The van der Waals surface area contributed by atoms with E-state index < -0.39 is 0 Å². The Labute approximate surface area is 148 Å². The molecule has 2 aromatic rings. The van der Waals surface area contributed by atoms with Gasteiger partial charge in [-0.3, -0.25) is 9.59 Å². The molecule has 1 aromatic heterocycles. The summed E-state index contributed by atoms with van der Waals surface area (Å²) in [6, 6.07) is 10.1. The molecule has 0 saturated heterocycles. The Kier molecular flexibility index (Phi) is 6.74. The molecule has 0 spiro atoms. The predicted molar refractivity (Wildman–Crippen MR) is 95.6 cm³/mol. The Morgan fingerprint density at radius 1 is 1.16 bits per heavy atom. The molecule has 6 nitrogen and oxygen atoms in total. The van der Waals surface area contributed by atoms with E-state index in [0.29, 0.717) is 32.2 Å². The summed E-state index contributed by atoms with van der Waals surface area (Å²) >= 11 is 0. The molecular formula is C19H25N3O3. The summed E-state index contributed by atoms with van der Waals surface area (Å²) in [4.78, 5) is 22.8. The van der Waals surface area contributed by atoms with Crippen molar-refractivity contribution < 1.29 is 14.3 Å². The zero-order valence-electron chi connectivity index (χ0n) is 15.0. The van der Waals surface area contributed by atoms with Gasteiger partial charge in [-0.25, -0.2) is 4.68 Å². The van der Waals surface area contributed by atoms with Crippen LogP contribution in [0.15, 0.2) is 30.3 Å². The van der Waals surface area contributed by atoms with Crippen LogP contribution in [0.2, 0.25) is 0 Å². The first kappa shape index (κ1) is 18.7. The van der Waals surface area contributed by atoms with Crippen LogP contribution in [0.3, 0.4) is 0 Å². The van der Waals surface area contributed by atoms with Gasteiger partial charge in [-0.1, -0.05) is 12.1 Å². The lowest BCUT2D eigenvalue weighted by atomic mass is 10.1. The van der Waals surface area contributed by atoms with Gasteiger partial charge in [-0.15, -0.1) is 0 Å². The van der Waals surface area contributed by atoms with E-state index in [4.69, 9.17) is 0 Å². The van der Waals surface area contributed by atoms with Gasteiger partial charge in [0.25, 0.3) is 0 Å². The summed E-state index contributed by atoms with van der Waals surface area (Å²) in [5.74, 6) is -0.260. The molecule has 6 heteroatoms. The van der Waals surface area contributed by atoms with E-state index in [1.807, 2.05) is 48.9 Å². The number of nitrogens with zero attached hydrogens (tertiary/aromatic N) is 2. The summed E-state index contributed by atoms with van der Waals surface area (Å²) in [5, 5.41) is 7.28. The molecule has 1 aromatic carbocycles. The second-order valence-corrected chi connectivity index (χ2v) is 6.03. The van der Waals surface area contributed by atoms with Gasteiger partial charge in [-0.2, -0.15) is 5.10 Å². The summed E-state index contributed by atoms with van der Waals surface area (Å²) in [6.45, 7) is 4.49. The molecule has 0 bridgehead atoms. The maximum atomic E-state index is 11.8. The monoisotopic (exact) mass is 343 g/mol. The molecule has 0 atom stereocenters. The van der Waals surface area contributed by atoms with E-state index in [1.54, 1.807) is 0 Å².